The third kappa shape index (κ3) is 4.84. The van der Waals surface area contributed by atoms with E-state index in [0.29, 0.717) is 31.4 Å². The Kier molecular flexibility index (Phi) is 6.54. The van der Waals surface area contributed by atoms with Gasteiger partial charge in [0.1, 0.15) is 11.9 Å². The minimum atomic E-state index is -3.70. The van der Waals surface area contributed by atoms with Crippen molar-refractivity contribution in [2.24, 2.45) is 10.9 Å². The van der Waals surface area contributed by atoms with Gasteiger partial charge in [0, 0.05) is 24.7 Å². The number of fused-ring (bicyclic) bond motifs is 1. The molecule has 3 atom stereocenters. The van der Waals surface area contributed by atoms with Gasteiger partial charge in [-0.3, -0.25) is 14.5 Å². The van der Waals surface area contributed by atoms with Gasteiger partial charge < -0.3 is 5.32 Å². The van der Waals surface area contributed by atoms with E-state index in [1.807, 2.05) is 13.8 Å². The molecule has 1 saturated heterocycles. The molecule has 30 heavy (non-hydrogen) atoms. The lowest BCUT2D eigenvalue weighted by atomic mass is 9.97. The molecule has 2 aliphatic heterocycles. The number of hydrogen-bond donors (Lipinski definition) is 2. The number of amides is 1. The highest BCUT2D eigenvalue weighted by atomic mass is 32.2. The van der Waals surface area contributed by atoms with Crippen LogP contribution in [0.15, 0.2) is 34.2 Å². The van der Waals surface area contributed by atoms with E-state index in [1.165, 1.54) is 10.4 Å². The topological polar surface area (TPSA) is 125 Å². The van der Waals surface area contributed by atoms with Gasteiger partial charge >= 0.3 is 0 Å². The fourth-order valence-corrected chi connectivity index (χ4v) is 5.83. The molecule has 2 N–H and O–H groups in total. The summed E-state index contributed by atoms with van der Waals surface area (Å²) in [5, 5.41) is 2.93. The summed E-state index contributed by atoms with van der Waals surface area (Å²) in [4.78, 5) is 17.7. The van der Waals surface area contributed by atoms with E-state index in [-0.39, 0.29) is 35.1 Å². The smallest absolute Gasteiger partial charge is 0.263 e. The van der Waals surface area contributed by atoms with Crippen LogP contribution < -0.4 is 10.0 Å². The van der Waals surface area contributed by atoms with E-state index in [2.05, 4.69) is 15.0 Å². The molecule has 166 valence electrons. The zero-order valence-corrected chi connectivity index (χ0v) is 19.0. The summed E-state index contributed by atoms with van der Waals surface area (Å²) in [5.74, 6) is -0.308. The lowest BCUT2D eigenvalue weighted by molar-refractivity contribution is -0.124. The minimum Gasteiger partial charge on any atom is -0.350 e. The highest BCUT2D eigenvalue weighted by Gasteiger charge is 2.34. The molecule has 11 heteroatoms. The first-order valence-corrected chi connectivity index (χ1v) is 13.3. The first kappa shape index (κ1) is 22.7. The summed E-state index contributed by atoms with van der Waals surface area (Å²) in [6.07, 6.45) is 3.17. The number of sulfonamides is 2. The number of aliphatic imine (C=N–C) groups is 1. The van der Waals surface area contributed by atoms with Gasteiger partial charge in [-0.1, -0.05) is 32.4 Å². The van der Waals surface area contributed by atoms with Gasteiger partial charge in [0.25, 0.3) is 10.0 Å². The van der Waals surface area contributed by atoms with E-state index in [9.17, 15) is 21.6 Å². The largest absolute Gasteiger partial charge is 0.350 e. The lowest BCUT2D eigenvalue weighted by Crippen LogP contribution is -2.52. The molecule has 1 fully saturated rings. The molecular weight excluding hydrogens is 428 g/mol. The molecule has 0 saturated carbocycles. The first-order valence-electron chi connectivity index (χ1n) is 9.98. The molecule has 0 radical (unpaired) electrons. The maximum Gasteiger partial charge on any atom is 0.263 e. The third-order valence-electron chi connectivity index (χ3n) is 5.58. The van der Waals surface area contributed by atoms with Crippen molar-refractivity contribution < 1.29 is 21.6 Å². The summed E-state index contributed by atoms with van der Waals surface area (Å²) in [6.45, 7) is 4.49. The zero-order chi connectivity index (χ0) is 22.1. The fraction of sp³-hybridized carbons (Fsp3) is 0.579. The Bertz CT molecular complexity index is 1050. The summed E-state index contributed by atoms with van der Waals surface area (Å²) >= 11 is 0. The van der Waals surface area contributed by atoms with Crippen LogP contribution in [0.3, 0.4) is 0 Å². The van der Waals surface area contributed by atoms with Gasteiger partial charge in [-0.25, -0.2) is 21.1 Å². The van der Waals surface area contributed by atoms with Crippen molar-refractivity contribution in [3.8, 4) is 0 Å². The van der Waals surface area contributed by atoms with E-state index < -0.39 is 26.1 Å². The molecule has 1 amide bonds. The molecule has 2 aliphatic rings. The highest BCUT2D eigenvalue weighted by molar-refractivity contribution is 7.90. The van der Waals surface area contributed by atoms with Gasteiger partial charge in [-0.2, -0.15) is 0 Å². The molecule has 0 spiro atoms. The van der Waals surface area contributed by atoms with Gasteiger partial charge in [-0.15, -0.1) is 0 Å². The molecule has 1 unspecified atom stereocenters. The van der Waals surface area contributed by atoms with Crippen LogP contribution in [0, 0.1) is 5.92 Å². The second-order valence-electron chi connectivity index (χ2n) is 7.88. The van der Waals surface area contributed by atoms with Crippen LogP contribution in [0.4, 0.5) is 0 Å². The number of nitrogens with one attached hydrogen (secondary N) is 2. The summed E-state index contributed by atoms with van der Waals surface area (Å²) in [7, 11) is -7.02. The fourth-order valence-electron chi connectivity index (χ4n) is 3.68. The first-order chi connectivity index (χ1) is 14.0. The predicted octanol–water partition coefficient (Wildman–Crippen LogP) is 0.680. The van der Waals surface area contributed by atoms with Crippen molar-refractivity contribution >= 4 is 31.8 Å². The number of carbonyl (C=O) groups is 1. The Morgan fingerprint density at radius 3 is 2.73 bits per heavy atom. The molecule has 1 aromatic rings. The van der Waals surface area contributed by atoms with Gasteiger partial charge in [0.05, 0.1) is 11.2 Å². The maximum absolute atomic E-state index is 13.1. The van der Waals surface area contributed by atoms with Crippen molar-refractivity contribution in [1.82, 2.24) is 14.3 Å². The second-order valence-corrected chi connectivity index (χ2v) is 11.5. The van der Waals surface area contributed by atoms with Crippen molar-refractivity contribution in [3.05, 3.63) is 29.8 Å². The van der Waals surface area contributed by atoms with Crippen molar-refractivity contribution in [3.63, 3.8) is 0 Å². The molecule has 0 bridgehead atoms. The van der Waals surface area contributed by atoms with Crippen LogP contribution in [0.5, 0.6) is 0 Å². The van der Waals surface area contributed by atoms with Crippen molar-refractivity contribution in [1.29, 1.82) is 0 Å². The van der Waals surface area contributed by atoms with Crippen molar-refractivity contribution in [2.75, 3.05) is 19.3 Å². The highest BCUT2D eigenvalue weighted by Crippen LogP contribution is 2.24. The number of piperidine rings is 1. The Labute approximate surface area is 178 Å². The van der Waals surface area contributed by atoms with Crippen LogP contribution in [0.2, 0.25) is 0 Å². The zero-order valence-electron chi connectivity index (χ0n) is 17.3. The van der Waals surface area contributed by atoms with Crippen LogP contribution in [0.1, 0.15) is 38.7 Å². The Balaban J connectivity index is 1.84. The summed E-state index contributed by atoms with van der Waals surface area (Å²) < 4.78 is 52.2. The minimum absolute atomic E-state index is 0.135. The molecule has 0 aliphatic carbocycles. The Hall–Kier alpha value is -1.98. The molecule has 0 aromatic heterocycles. The second kappa shape index (κ2) is 8.64. The number of hydrogen-bond acceptors (Lipinski definition) is 6. The monoisotopic (exact) mass is 456 g/mol. The summed E-state index contributed by atoms with van der Waals surface area (Å²) in [6, 6.07) is 5.41. The average molecular weight is 457 g/mol. The quantitative estimate of drug-likeness (QED) is 0.651. The average Bonchev–Trinajstić information content (AvgIpc) is 2.95. The van der Waals surface area contributed by atoms with Crippen LogP contribution >= 0.6 is 0 Å². The Morgan fingerprint density at radius 1 is 1.37 bits per heavy atom. The standard InChI is InChI=1S/C19H28N4O5S2/c1-4-13(2)17(19(24)20-14-8-7-11-23(12-14)29(3,25)26)21-18-15-9-5-6-10-16(15)30(27,28)22-18/h5-6,9-10,13-14,17H,4,7-8,11-12H2,1-3H3,(H,20,24)(H,21,22)/t13-,14?,17-/m0/s1. The summed E-state index contributed by atoms with van der Waals surface area (Å²) in [5.41, 5.74) is 0.444. The van der Waals surface area contributed by atoms with Crippen LogP contribution in [-0.4, -0.2) is 64.3 Å². The van der Waals surface area contributed by atoms with Gasteiger partial charge in [-0.05, 0) is 30.9 Å². The lowest BCUT2D eigenvalue weighted by Gasteiger charge is -2.32. The number of rotatable bonds is 6. The van der Waals surface area contributed by atoms with E-state index in [1.54, 1.807) is 18.2 Å². The van der Waals surface area contributed by atoms with Gasteiger partial charge in [0.2, 0.25) is 15.9 Å². The van der Waals surface area contributed by atoms with E-state index >= 15 is 0 Å². The van der Waals surface area contributed by atoms with E-state index in [0.717, 1.165) is 6.26 Å². The molecule has 2 heterocycles. The number of amidine groups is 1. The number of nitrogens with zero attached hydrogens (tertiary/aromatic N) is 2. The van der Waals surface area contributed by atoms with Crippen LogP contribution in [-0.2, 0) is 24.8 Å². The van der Waals surface area contributed by atoms with Crippen molar-refractivity contribution in [2.45, 2.75) is 50.1 Å². The maximum atomic E-state index is 13.1. The molecular formula is C19H28N4O5S2. The predicted molar refractivity (Wildman–Crippen MR) is 114 cm³/mol. The SMILES string of the molecule is CC[C@H](C)[C@H](N=C1NS(=O)(=O)c2ccccc21)C(=O)NC1CCCN(S(C)(=O)=O)C1. The molecule has 9 nitrogen and oxygen atoms in total. The number of benzene rings is 1. The van der Waals surface area contributed by atoms with E-state index in [4.69, 9.17) is 0 Å². The Morgan fingerprint density at radius 2 is 2.07 bits per heavy atom. The molecule has 1 aromatic carbocycles. The number of carbonyl (C=O) groups excluding carboxylic acids is 1. The van der Waals surface area contributed by atoms with Gasteiger partial charge in [0.15, 0.2) is 0 Å². The van der Waals surface area contributed by atoms with Crippen LogP contribution in [0.25, 0.3) is 0 Å². The molecule has 3 rings (SSSR count). The third-order valence-corrected chi connectivity index (χ3v) is 8.25. The normalized spacial score (nSPS) is 24.6.